The SMILES string of the molecule is CC1(C)c2cc(C#N)ccc2-c2ccc(-c3cc(-c4nc5ccccc5o4)cc(-c4nc5ccccc5o4)c3)cc21. The Kier molecular flexibility index (Phi) is 4.86. The zero-order chi connectivity index (χ0) is 27.7. The lowest BCUT2D eigenvalue weighted by molar-refractivity contribution is 0.617. The zero-order valence-electron chi connectivity index (χ0n) is 22.5. The van der Waals surface area contributed by atoms with Gasteiger partial charge in [0.25, 0.3) is 0 Å². The van der Waals surface area contributed by atoms with Gasteiger partial charge in [0.2, 0.25) is 11.8 Å². The molecule has 0 amide bonds. The van der Waals surface area contributed by atoms with Gasteiger partial charge in [-0.3, -0.25) is 0 Å². The Morgan fingerprint density at radius 3 is 1.71 bits per heavy atom. The van der Waals surface area contributed by atoms with Gasteiger partial charge in [0.05, 0.1) is 11.6 Å². The van der Waals surface area contributed by atoms with Gasteiger partial charge >= 0.3 is 0 Å². The first-order valence-electron chi connectivity index (χ1n) is 13.5. The molecule has 41 heavy (non-hydrogen) atoms. The third kappa shape index (κ3) is 3.62. The number of para-hydroxylation sites is 4. The van der Waals surface area contributed by atoms with Crippen LogP contribution in [0.5, 0.6) is 0 Å². The average molecular weight is 530 g/mol. The molecule has 0 spiro atoms. The molecule has 0 bridgehead atoms. The molecule has 0 unspecified atom stereocenters. The Hall–Kier alpha value is -5.47. The molecular weight excluding hydrogens is 506 g/mol. The third-order valence-electron chi connectivity index (χ3n) is 8.15. The fourth-order valence-corrected chi connectivity index (χ4v) is 6.02. The van der Waals surface area contributed by atoms with E-state index in [-0.39, 0.29) is 5.41 Å². The number of aromatic nitrogens is 2. The molecule has 0 aliphatic heterocycles. The molecule has 8 rings (SSSR count). The first-order chi connectivity index (χ1) is 20.0. The lowest BCUT2D eigenvalue weighted by atomic mass is 9.81. The number of rotatable bonds is 3. The summed E-state index contributed by atoms with van der Waals surface area (Å²) in [5.74, 6) is 1.09. The molecule has 2 aromatic heterocycles. The van der Waals surface area contributed by atoms with E-state index in [2.05, 4.69) is 56.3 Å². The minimum absolute atomic E-state index is 0.242. The highest BCUT2D eigenvalue weighted by Gasteiger charge is 2.35. The summed E-state index contributed by atoms with van der Waals surface area (Å²) in [4.78, 5) is 9.55. The second-order valence-electron chi connectivity index (χ2n) is 11.0. The van der Waals surface area contributed by atoms with E-state index < -0.39 is 0 Å². The highest BCUT2D eigenvalue weighted by Crippen LogP contribution is 2.50. The molecule has 1 aliphatic rings. The van der Waals surface area contributed by atoms with Crippen molar-refractivity contribution >= 4 is 22.2 Å². The first-order valence-corrected chi connectivity index (χ1v) is 13.5. The molecule has 5 heteroatoms. The smallest absolute Gasteiger partial charge is 0.227 e. The highest BCUT2D eigenvalue weighted by atomic mass is 16.4. The number of hydrogen-bond donors (Lipinski definition) is 0. The van der Waals surface area contributed by atoms with E-state index in [1.807, 2.05) is 66.7 Å². The molecule has 0 N–H and O–H groups in total. The lowest BCUT2D eigenvalue weighted by Crippen LogP contribution is -2.15. The van der Waals surface area contributed by atoms with Crippen molar-refractivity contribution in [3.63, 3.8) is 0 Å². The monoisotopic (exact) mass is 529 g/mol. The molecular formula is C36H23N3O2. The van der Waals surface area contributed by atoms with E-state index in [0.29, 0.717) is 17.3 Å². The molecule has 5 nitrogen and oxygen atoms in total. The van der Waals surface area contributed by atoms with Gasteiger partial charge in [-0.1, -0.05) is 56.3 Å². The number of oxazole rings is 2. The van der Waals surface area contributed by atoms with Crippen molar-refractivity contribution in [1.29, 1.82) is 5.26 Å². The van der Waals surface area contributed by atoms with Crippen LogP contribution in [0.3, 0.4) is 0 Å². The minimum atomic E-state index is -0.242. The maximum Gasteiger partial charge on any atom is 0.227 e. The van der Waals surface area contributed by atoms with Crippen molar-refractivity contribution in [1.82, 2.24) is 9.97 Å². The lowest BCUT2D eigenvalue weighted by Gasteiger charge is -2.22. The summed E-state index contributed by atoms with van der Waals surface area (Å²) in [6.45, 7) is 4.45. The zero-order valence-corrected chi connectivity index (χ0v) is 22.5. The van der Waals surface area contributed by atoms with Gasteiger partial charge in [0.1, 0.15) is 11.0 Å². The molecule has 5 aromatic carbocycles. The highest BCUT2D eigenvalue weighted by molar-refractivity contribution is 5.87. The van der Waals surface area contributed by atoms with Crippen LogP contribution in [0.25, 0.3) is 67.4 Å². The van der Waals surface area contributed by atoms with Crippen LogP contribution in [0.4, 0.5) is 0 Å². The van der Waals surface area contributed by atoms with E-state index in [9.17, 15) is 5.26 Å². The van der Waals surface area contributed by atoms with Crippen LogP contribution < -0.4 is 0 Å². The van der Waals surface area contributed by atoms with Crippen molar-refractivity contribution in [2.75, 3.05) is 0 Å². The Bertz CT molecular complexity index is 2050. The fourth-order valence-electron chi connectivity index (χ4n) is 6.02. The summed E-state index contributed by atoms with van der Waals surface area (Å²) in [7, 11) is 0. The topological polar surface area (TPSA) is 75.8 Å². The van der Waals surface area contributed by atoms with Crippen molar-refractivity contribution in [2.24, 2.45) is 0 Å². The van der Waals surface area contributed by atoms with Gasteiger partial charge in [-0.15, -0.1) is 0 Å². The molecule has 194 valence electrons. The summed E-state index contributed by atoms with van der Waals surface area (Å²) in [6.07, 6.45) is 0. The van der Waals surface area contributed by atoms with Gasteiger partial charge in [-0.25, -0.2) is 9.97 Å². The van der Waals surface area contributed by atoms with Gasteiger partial charge in [0, 0.05) is 16.5 Å². The minimum Gasteiger partial charge on any atom is -0.436 e. The first kappa shape index (κ1) is 23.4. The summed E-state index contributed by atoms with van der Waals surface area (Å²) in [5.41, 5.74) is 12.1. The van der Waals surface area contributed by atoms with Crippen LogP contribution >= 0.6 is 0 Å². The second-order valence-corrected chi connectivity index (χ2v) is 11.0. The van der Waals surface area contributed by atoms with Crippen molar-refractivity contribution in [3.05, 3.63) is 120 Å². The molecule has 0 atom stereocenters. The molecule has 0 radical (unpaired) electrons. The van der Waals surface area contributed by atoms with E-state index >= 15 is 0 Å². The second kappa shape index (κ2) is 8.51. The van der Waals surface area contributed by atoms with Crippen LogP contribution in [-0.2, 0) is 5.41 Å². The summed E-state index contributed by atoms with van der Waals surface area (Å²) in [5, 5.41) is 9.51. The molecule has 2 heterocycles. The Labute approximate surface area is 236 Å². The van der Waals surface area contributed by atoms with Gasteiger partial charge in [-0.05, 0) is 94.0 Å². The quantitative estimate of drug-likeness (QED) is 0.228. The van der Waals surface area contributed by atoms with Crippen LogP contribution in [0.1, 0.15) is 30.5 Å². The summed E-state index contributed by atoms with van der Waals surface area (Å²) in [6, 6.07) is 36.7. The Morgan fingerprint density at radius 2 is 1.12 bits per heavy atom. The standard InChI is InChI=1S/C36H23N3O2/c1-36(2)28-15-21(20-37)11-13-26(28)27-14-12-22(19-29(27)36)23-16-24(34-38-30-7-3-5-9-32(30)40-34)18-25(17-23)35-39-31-8-4-6-10-33(31)41-35/h3-19H,1-2H3. The number of nitrogens with zero attached hydrogens (tertiary/aromatic N) is 3. The number of hydrogen-bond acceptors (Lipinski definition) is 5. The predicted molar refractivity (Wildman–Crippen MR) is 160 cm³/mol. The van der Waals surface area contributed by atoms with E-state index in [0.717, 1.165) is 44.5 Å². The normalized spacial score (nSPS) is 13.3. The summed E-state index contributed by atoms with van der Waals surface area (Å²) >= 11 is 0. The molecule has 0 saturated heterocycles. The van der Waals surface area contributed by atoms with Gasteiger partial charge in [-0.2, -0.15) is 5.26 Å². The van der Waals surface area contributed by atoms with Crippen LogP contribution in [-0.4, -0.2) is 9.97 Å². The van der Waals surface area contributed by atoms with Gasteiger partial charge in [0.15, 0.2) is 11.2 Å². The number of nitriles is 1. The Balaban J connectivity index is 1.32. The van der Waals surface area contributed by atoms with Crippen molar-refractivity contribution in [3.8, 4) is 51.2 Å². The fraction of sp³-hybridized carbons (Fsp3) is 0.0833. The van der Waals surface area contributed by atoms with Gasteiger partial charge < -0.3 is 8.83 Å². The molecule has 0 saturated carbocycles. The van der Waals surface area contributed by atoms with E-state index in [4.69, 9.17) is 18.8 Å². The molecule has 7 aromatic rings. The average Bonchev–Trinajstić information content (AvgIpc) is 3.70. The largest absolute Gasteiger partial charge is 0.436 e. The van der Waals surface area contributed by atoms with Crippen molar-refractivity contribution in [2.45, 2.75) is 19.3 Å². The number of fused-ring (bicyclic) bond motifs is 5. The predicted octanol–water partition coefficient (Wildman–Crippen LogP) is 9.15. The van der Waals surface area contributed by atoms with Crippen LogP contribution in [0.2, 0.25) is 0 Å². The van der Waals surface area contributed by atoms with Crippen LogP contribution in [0, 0.1) is 11.3 Å². The Morgan fingerprint density at radius 1 is 0.585 bits per heavy atom. The van der Waals surface area contributed by atoms with Crippen LogP contribution in [0.15, 0.2) is 112 Å². The number of benzene rings is 5. The van der Waals surface area contributed by atoms with Crippen molar-refractivity contribution < 1.29 is 8.83 Å². The van der Waals surface area contributed by atoms with E-state index in [1.165, 1.54) is 22.3 Å². The summed E-state index contributed by atoms with van der Waals surface area (Å²) < 4.78 is 12.4. The molecule has 0 fully saturated rings. The van der Waals surface area contributed by atoms with E-state index in [1.54, 1.807) is 0 Å². The maximum absolute atomic E-state index is 9.51. The third-order valence-corrected chi connectivity index (χ3v) is 8.15. The maximum atomic E-state index is 9.51. The molecule has 1 aliphatic carbocycles.